The van der Waals surface area contributed by atoms with Gasteiger partial charge in [-0.25, -0.2) is 0 Å². The molecule has 1 N–H and O–H groups in total. The zero-order valence-corrected chi connectivity index (χ0v) is 6.12. The molecule has 0 unspecified atom stereocenters. The van der Waals surface area contributed by atoms with Gasteiger partial charge in [-0.2, -0.15) is 0 Å². The molecule has 0 bridgehead atoms. The van der Waals surface area contributed by atoms with Crippen molar-refractivity contribution in [2.45, 2.75) is 6.82 Å². The predicted molar refractivity (Wildman–Crippen MR) is 44.8 cm³/mol. The van der Waals surface area contributed by atoms with Gasteiger partial charge in [0, 0.05) is 6.51 Å². The van der Waals surface area contributed by atoms with E-state index in [0.717, 1.165) is 0 Å². The monoisotopic (exact) mass is 134 g/mol. The Balaban J connectivity index is 2.75. The molecule has 0 aliphatic rings. The van der Waals surface area contributed by atoms with Crippen molar-refractivity contribution in [2.24, 2.45) is 0 Å². The quantitative estimate of drug-likeness (QED) is 0.585. The first-order chi connectivity index (χ1) is 4.84. The summed E-state index contributed by atoms with van der Waals surface area (Å²) in [5.41, 5.74) is 1.20. The topological polar surface area (TPSA) is 20.2 Å². The Morgan fingerprint density at radius 1 is 1.30 bits per heavy atom. The van der Waals surface area contributed by atoms with E-state index in [1.807, 2.05) is 37.2 Å². The van der Waals surface area contributed by atoms with Crippen LogP contribution in [-0.4, -0.2) is 18.3 Å². The number of hydrogen-bond donors (Lipinski definition) is 1. The summed E-state index contributed by atoms with van der Waals surface area (Å²) in [4.78, 5) is 0. The van der Waals surface area contributed by atoms with E-state index >= 15 is 0 Å². The van der Waals surface area contributed by atoms with Crippen LogP contribution >= 0.6 is 0 Å². The molecule has 0 spiro atoms. The van der Waals surface area contributed by atoms with Gasteiger partial charge in [0.15, 0.2) is 0 Å². The Hall–Kier alpha value is -0.755. The van der Waals surface area contributed by atoms with Crippen molar-refractivity contribution >= 4 is 12.2 Å². The molecule has 10 heavy (non-hydrogen) atoms. The molecular weight excluding hydrogens is 123 g/mol. The molecule has 0 saturated heterocycles. The zero-order valence-electron chi connectivity index (χ0n) is 6.12. The van der Waals surface area contributed by atoms with Gasteiger partial charge in [-0.15, -0.1) is 0 Å². The Morgan fingerprint density at radius 3 is 2.40 bits per heavy atom. The summed E-state index contributed by atoms with van der Waals surface area (Å²) in [6, 6.07) is 10.0. The second kappa shape index (κ2) is 3.42. The second-order valence-electron chi connectivity index (χ2n) is 2.49. The third-order valence-corrected chi connectivity index (χ3v) is 1.64. The van der Waals surface area contributed by atoms with Gasteiger partial charge in [-0.05, 0) is 0 Å². The van der Waals surface area contributed by atoms with Crippen LogP contribution < -0.4 is 5.46 Å². The highest BCUT2D eigenvalue weighted by Gasteiger charge is 2.05. The normalized spacial score (nSPS) is 9.40. The van der Waals surface area contributed by atoms with E-state index < -0.39 is 0 Å². The lowest BCUT2D eigenvalue weighted by atomic mass is 9.48. The molecule has 1 rings (SSSR count). The number of hydrogen-bond acceptors (Lipinski definition) is 1. The Bertz CT molecular complexity index is 186. The third-order valence-electron chi connectivity index (χ3n) is 1.64. The first kappa shape index (κ1) is 7.35. The minimum atomic E-state index is 0.226. The van der Waals surface area contributed by atoms with E-state index in [9.17, 15) is 0 Å². The van der Waals surface area contributed by atoms with Crippen LogP contribution in [0.2, 0.25) is 6.82 Å². The van der Waals surface area contributed by atoms with Crippen molar-refractivity contribution in [1.82, 2.24) is 0 Å². The van der Waals surface area contributed by atoms with Crippen LogP contribution in [-0.2, 0) is 0 Å². The van der Waals surface area contributed by atoms with Gasteiger partial charge in [0.1, 0.15) is 0 Å². The molecule has 0 atom stereocenters. The van der Waals surface area contributed by atoms with E-state index in [1.165, 1.54) is 5.46 Å². The maximum atomic E-state index is 8.79. The van der Waals surface area contributed by atoms with E-state index in [1.54, 1.807) is 0 Å². The van der Waals surface area contributed by atoms with Gasteiger partial charge in [-0.3, -0.25) is 0 Å². The highest BCUT2D eigenvalue weighted by atomic mass is 16.2. The molecule has 0 radical (unpaired) electrons. The molecule has 0 heterocycles. The van der Waals surface area contributed by atoms with Gasteiger partial charge >= 0.3 is 0 Å². The van der Waals surface area contributed by atoms with Gasteiger partial charge in [0.05, 0.1) is 0 Å². The van der Waals surface area contributed by atoms with Gasteiger partial charge in [0.25, 0.3) is 0 Å². The van der Waals surface area contributed by atoms with Crippen LogP contribution in [0.4, 0.5) is 0 Å². The van der Waals surface area contributed by atoms with E-state index in [4.69, 9.17) is 5.11 Å². The van der Waals surface area contributed by atoms with Crippen molar-refractivity contribution in [1.29, 1.82) is 0 Å². The van der Waals surface area contributed by atoms with E-state index in [0.29, 0.717) is 0 Å². The zero-order chi connectivity index (χ0) is 7.40. The summed E-state index contributed by atoms with van der Waals surface area (Å²) in [5, 5.41) is 8.79. The summed E-state index contributed by atoms with van der Waals surface area (Å²) in [5.74, 6) is 0. The summed E-state index contributed by atoms with van der Waals surface area (Å²) in [6.45, 7) is 2.50. The standard InChI is InChI=1S/C8H11BO/c1-9(7-10)8-5-3-2-4-6-8/h2-6,10H,7H2,1H3. The maximum Gasteiger partial charge on any atom is 0.202 e. The summed E-state index contributed by atoms with van der Waals surface area (Å²) < 4.78 is 0. The van der Waals surface area contributed by atoms with Gasteiger partial charge in [0.2, 0.25) is 6.71 Å². The number of benzene rings is 1. The van der Waals surface area contributed by atoms with Crippen molar-refractivity contribution < 1.29 is 5.11 Å². The van der Waals surface area contributed by atoms with Crippen molar-refractivity contribution in [2.75, 3.05) is 6.51 Å². The minimum absolute atomic E-state index is 0.226. The average Bonchev–Trinajstić information content (AvgIpc) is 2.05. The minimum Gasteiger partial charge on any atom is -0.404 e. The largest absolute Gasteiger partial charge is 0.404 e. The number of aliphatic hydroxyl groups excluding tert-OH is 1. The predicted octanol–water partition coefficient (Wildman–Crippen LogP) is 0.550. The summed E-state index contributed by atoms with van der Waals surface area (Å²) >= 11 is 0. The molecule has 0 fully saturated rings. The third kappa shape index (κ3) is 1.61. The van der Waals surface area contributed by atoms with Crippen LogP contribution in [0.15, 0.2) is 30.3 Å². The first-order valence-electron chi connectivity index (χ1n) is 3.50. The molecular formula is C8H11BO. The molecule has 2 heteroatoms. The Labute approximate surface area is 61.8 Å². The fraction of sp³-hybridized carbons (Fsp3) is 0.250. The smallest absolute Gasteiger partial charge is 0.202 e. The Morgan fingerprint density at radius 2 is 1.90 bits per heavy atom. The molecule has 1 aromatic carbocycles. The molecule has 1 aromatic rings. The molecule has 52 valence electrons. The van der Waals surface area contributed by atoms with Gasteiger partial charge in [-0.1, -0.05) is 42.6 Å². The Kier molecular flexibility index (Phi) is 2.52. The number of aliphatic hydroxyl groups is 1. The van der Waals surface area contributed by atoms with Gasteiger partial charge < -0.3 is 5.11 Å². The van der Waals surface area contributed by atoms with Crippen LogP contribution in [0.5, 0.6) is 0 Å². The SMILES string of the molecule is CB(CO)c1ccccc1. The van der Waals surface area contributed by atoms with Crippen LogP contribution in [0, 0.1) is 0 Å². The average molecular weight is 134 g/mol. The highest BCUT2D eigenvalue weighted by Crippen LogP contribution is 1.86. The highest BCUT2D eigenvalue weighted by molar-refractivity contribution is 6.71. The van der Waals surface area contributed by atoms with Crippen LogP contribution in [0.1, 0.15) is 0 Å². The number of rotatable bonds is 2. The van der Waals surface area contributed by atoms with Crippen LogP contribution in [0.25, 0.3) is 0 Å². The molecule has 0 aromatic heterocycles. The lowest BCUT2D eigenvalue weighted by Crippen LogP contribution is -2.30. The first-order valence-corrected chi connectivity index (χ1v) is 3.50. The second-order valence-corrected chi connectivity index (χ2v) is 2.49. The fourth-order valence-electron chi connectivity index (χ4n) is 0.887. The van der Waals surface area contributed by atoms with Crippen molar-refractivity contribution in [3.63, 3.8) is 0 Å². The maximum absolute atomic E-state index is 8.79. The lowest BCUT2D eigenvalue weighted by Gasteiger charge is -2.02. The lowest BCUT2D eigenvalue weighted by molar-refractivity contribution is 0.364. The molecule has 0 amide bonds. The molecule has 0 aliphatic carbocycles. The van der Waals surface area contributed by atoms with Crippen molar-refractivity contribution in [3.8, 4) is 0 Å². The molecule has 0 saturated carbocycles. The van der Waals surface area contributed by atoms with Crippen LogP contribution in [0.3, 0.4) is 0 Å². The molecule has 0 aliphatic heterocycles. The summed E-state index contributed by atoms with van der Waals surface area (Å²) in [6.07, 6.45) is 0. The van der Waals surface area contributed by atoms with Crippen molar-refractivity contribution in [3.05, 3.63) is 30.3 Å². The molecule has 1 nitrogen and oxygen atoms in total. The fourth-order valence-corrected chi connectivity index (χ4v) is 0.887. The van der Waals surface area contributed by atoms with E-state index in [-0.39, 0.29) is 13.2 Å². The summed E-state index contributed by atoms with van der Waals surface area (Å²) in [7, 11) is 0. The van der Waals surface area contributed by atoms with E-state index in [2.05, 4.69) is 0 Å².